The quantitative estimate of drug-likeness (QED) is 0.831. The second-order valence-electron chi connectivity index (χ2n) is 4.46. The van der Waals surface area contributed by atoms with Gasteiger partial charge < -0.3 is 4.74 Å². The van der Waals surface area contributed by atoms with E-state index in [-0.39, 0.29) is 12.2 Å². The van der Waals surface area contributed by atoms with E-state index < -0.39 is 11.8 Å². The number of hydrogen-bond acceptors (Lipinski definition) is 3. The van der Waals surface area contributed by atoms with Gasteiger partial charge in [0.1, 0.15) is 6.61 Å². The predicted octanol–water partition coefficient (Wildman–Crippen LogP) is 2.32. The molecule has 0 saturated heterocycles. The Morgan fingerprint density at radius 3 is 2.36 bits per heavy atom. The molecule has 114 valence electrons. The number of halogens is 1. The number of ether oxygens (including phenoxy) is 1. The van der Waals surface area contributed by atoms with Crippen molar-refractivity contribution in [3.05, 3.63) is 70.7 Å². The van der Waals surface area contributed by atoms with Crippen molar-refractivity contribution in [3.8, 4) is 0 Å². The van der Waals surface area contributed by atoms with Crippen LogP contribution in [0.5, 0.6) is 0 Å². The number of benzene rings is 2. The number of carbonyl (C=O) groups excluding carboxylic acids is 2. The summed E-state index contributed by atoms with van der Waals surface area (Å²) in [4.78, 5) is 23.4. The van der Waals surface area contributed by atoms with E-state index in [1.54, 1.807) is 24.3 Å². The molecule has 0 aliphatic carbocycles. The molecule has 0 bridgehead atoms. The topological polar surface area (TPSA) is 67.4 Å². The minimum atomic E-state index is -0.484. The number of hydrazine groups is 1. The van der Waals surface area contributed by atoms with E-state index in [1.807, 2.05) is 30.3 Å². The zero-order chi connectivity index (χ0) is 15.8. The van der Waals surface area contributed by atoms with Crippen LogP contribution in [0.15, 0.2) is 54.6 Å². The van der Waals surface area contributed by atoms with Crippen LogP contribution in [-0.4, -0.2) is 18.4 Å². The van der Waals surface area contributed by atoms with Crippen molar-refractivity contribution in [1.82, 2.24) is 10.9 Å². The molecule has 0 atom stereocenters. The standard InChI is InChI=1S/C16H15ClN2O3/c17-14-9-5-4-8-13(14)16(21)19-18-15(20)11-22-10-12-6-2-1-3-7-12/h1-9H,10-11H2,(H,18,20)(H,19,21). The van der Waals surface area contributed by atoms with Crippen LogP contribution in [0.2, 0.25) is 5.02 Å². The second kappa shape index (κ2) is 8.17. The van der Waals surface area contributed by atoms with Gasteiger partial charge in [-0.3, -0.25) is 20.4 Å². The van der Waals surface area contributed by atoms with Crippen LogP contribution in [-0.2, 0) is 16.1 Å². The van der Waals surface area contributed by atoms with Gasteiger partial charge in [-0.1, -0.05) is 54.1 Å². The summed E-state index contributed by atoms with van der Waals surface area (Å²) >= 11 is 5.89. The summed E-state index contributed by atoms with van der Waals surface area (Å²) in [5.41, 5.74) is 5.81. The average Bonchev–Trinajstić information content (AvgIpc) is 2.54. The minimum absolute atomic E-state index is 0.155. The van der Waals surface area contributed by atoms with Gasteiger partial charge >= 0.3 is 0 Å². The molecule has 2 aromatic carbocycles. The van der Waals surface area contributed by atoms with Crippen molar-refractivity contribution in [2.24, 2.45) is 0 Å². The summed E-state index contributed by atoms with van der Waals surface area (Å²) in [6, 6.07) is 16.1. The fraction of sp³-hybridized carbons (Fsp3) is 0.125. The van der Waals surface area contributed by atoms with E-state index in [0.717, 1.165) is 5.56 Å². The normalized spacial score (nSPS) is 10.0. The molecule has 2 amide bonds. The number of carbonyl (C=O) groups is 2. The molecule has 0 aliphatic heterocycles. The first-order valence-corrected chi connectivity index (χ1v) is 7.00. The van der Waals surface area contributed by atoms with E-state index in [4.69, 9.17) is 16.3 Å². The molecule has 0 aromatic heterocycles. The molecule has 2 aromatic rings. The van der Waals surface area contributed by atoms with E-state index in [2.05, 4.69) is 10.9 Å². The van der Waals surface area contributed by atoms with Gasteiger partial charge in [0.05, 0.1) is 17.2 Å². The largest absolute Gasteiger partial charge is 0.367 e. The van der Waals surface area contributed by atoms with E-state index in [1.165, 1.54) is 0 Å². The lowest BCUT2D eigenvalue weighted by Gasteiger charge is -2.09. The summed E-state index contributed by atoms with van der Waals surface area (Å²) in [7, 11) is 0. The molecule has 0 unspecified atom stereocenters. The maximum absolute atomic E-state index is 11.8. The smallest absolute Gasteiger partial charge is 0.271 e. The Hall–Kier alpha value is -2.37. The average molecular weight is 319 g/mol. The van der Waals surface area contributed by atoms with Crippen molar-refractivity contribution < 1.29 is 14.3 Å². The third-order valence-electron chi connectivity index (χ3n) is 2.78. The Kier molecular flexibility index (Phi) is 5.94. The number of rotatable bonds is 5. The molecule has 6 heteroatoms. The third kappa shape index (κ3) is 4.87. The van der Waals surface area contributed by atoms with Crippen LogP contribution in [0.3, 0.4) is 0 Å². The Morgan fingerprint density at radius 1 is 0.955 bits per heavy atom. The fourth-order valence-electron chi connectivity index (χ4n) is 1.71. The SMILES string of the molecule is O=C(COCc1ccccc1)NNC(=O)c1ccccc1Cl. The predicted molar refractivity (Wildman–Crippen MR) is 83.2 cm³/mol. The monoisotopic (exact) mass is 318 g/mol. The number of hydrogen-bond donors (Lipinski definition) is 2. The zero-order valence-corrected chi connectivity index (χ0v) is 12.5. The Bertz CT molecular complexity index is 647. The van der Waals surface area contributed by atoms with E-state index in [0.29, 0.717) is 11.6 Å². The number of amides is 2. The van der Waals surface area contributed by atoms with Gasteiger partial charge in [-0.2, -0.15) is 0 Å². The number of nitrogens with one attached hydrogen (secondary N) is 2. The van der Waals surface area contributed by atoms with Gasteiger partial charge in [0.15, 0.2) is 0 Å². The summed E-state index contributed by atoms with van der Waals surface area (Å²) in [6.45, 7) is 0.171. The summed E-state index contributed by atoms with van der Waals surface area (Å²) in [6.07, 6.45) is 0. The highest BCUT2D eigenvalue weighted by molar-refractivity contribution is 6.33. The lowest BCUT2D eigenvalue weighted by molar-refractivity contribution is -0.126. The molecule has 2 N–H and O–H groups in total. The molecule has 0 spiro atoms. The highest BCUT2D eigenvalue weighted by Gasteiger charge is 2.10. The molecular weight excluding hydrogens is 304 g/mol. The Morgan fingerprint density at radius 2 is 1.64 bits per heavy atom. The Labute approximate surface area is 133 Å². The maximum atomic E-state index is 11.8. The zero-order valence-electron chi connectivity index (χ0n) is 11.7. The molecule has 0 aliphatic rings. The van der Waals surface area contributed by atoms with Crippen LogP contribution < -0.4 is 10.9 Å². The summed E-state index contributed by atoms with van der Waals surface area (Å²) in [5.74, 6) is -0.932. The van der Waals surface area contributed by atoms with Gasteiger partial charge in [0.2, 0.25) is 0 Å². The first kappa shape index (κ1) is 16.0. The minimum Gasteiger partial charge on any atom is -0.367 e. The van der Waals surface area contributed by atoms with Crippen molar-refractivity contribution in [3.63, 3.8) is 0 Å². The van der Waals surface area contributed by atoms with Gasteiger partial charge in [0.25, 0.3) is 11.8 Å². The lowest BCUT2D eigenvalue weighted by atomic mass is 10.2. The van der Waals surface area contributed by atoms with Gasteiger partial charge in [-0.05, 0) is 17.7 Å². The van der Waals surface area contributed by atoms with E-state index in [9.17, 15) is 9.59 Å². The summed E-state index contributed by atoms with van der Waals surface area (Å²) < 4.78 is 5.25. The molecule has 0 saturated carbocycles. The highest BCUT2D eigenvalue weighted by atomic mass is 35.5. The lowest BCUT2D eigenvalue weighted by Crippen LogP contribution is -2.43. The molecule has 0 heterocycles. The molecule has 5 nitrogen and oxygen atoms in total. The highest BCUT2D eigenvalue weighted by Crippen LogP contribution is 2.13. The Balaban J connectivity index is 1.72. The van der Waals surface area contributed by atoms with Crippen molar-refractivity contribution >= 4 is 23.4 Å². The van der Waals surface area contributed by atoms with Crippen LogP contribution in [0.1, 0.15) is 15.9 Å². The van der Waals surface area contributed by atoms with Crippen LogP contribution in [0.4, 0.5) is 0 Å². The fourth-order valence-corrected chi connectivity index (χ4v) is 1.93. The van der Waals surface area contributed by atoms with Crippen molar-refractivity contribution in [2.45, 2.75) is 6.61 Å². The molecule has 0 fully saturated rings. The molecule has 2 rings (SSSR count). The van der Waals surface area contributed by atoms with E-state index >= 15 is 0 Å². The second-order valence-corrected chi connectivity index (χ2v) is 4.87. The van der Waals surface area contributed by atoms with Crippen molar-refractivity contribution in [1.29, 1.82) is 0 Å². The molecule has 0 radical (unpaired) electrons. The molecule has 22 heavy (non-hydrogen) atoms. The van der Waals surface area contributed by atoms with Gasteiger partial charge in [0, 0.05) is 0 Å². The van der Waals surface area contributed by atoms with Gasteiger partial charge in [-0.15, -0.1) is 0 Å². The van der Waals surface area contributed by atoms with Crippen LogP contribution in [0, 0.1) is 0 Å². The first-order valence-electron chi connectivity index (χ1n) is 6.62. The molecular formula is C16H15ClN2O3. The van der Waals surface area contributed by atoms with Crippen LogP contribution >= 0.6 is 11.6 Å². The van der Waals surface area contributed by atoms with Gasteiger partial charge in [-0.25, -0.2) is 0 Å². The third-order valence-corrected chi connectivity index (χ3v) is 3.11. The van der Waals surface area contributed by atoms with Crippen LogP contribution in [0.25, 0.3) is 0 Å². The van der Waals surface area contributed by atoms with Crippen molar-refractivity contribution in [2.75, 3.05) is 6.61 Å². The first-order chi connectivity index (χ1) is 10.7. The maximum Gasteiger partial charge on any atom is 0.271 e. The summed E-state index contributed by atoms with van der Waals surface area (Å²) in [5, 5.41) is 0.314.